The van der Waals surface area contributed by atoms with Crippen LogP contribution >= 0.6 is 0 Å². The van der Waals surface area contributed by atoms with Gasteiger partial charge in [0.05, 0.1) is 23.0 Å². The van der Waals surface area contributed by atoms with E-state index in [1.165, 1.54) is 0 Å². The van der Waals surface area contributed by atoms with Crippen molar-refractivity contribution in [3.63, 3.8) is 0 Å². The number of aryl methyl sites for hydroxylation is 2. The van der Waals surface area contributed by atoms with E-state index < -0.39 is 0 Å². The molecule has 0 bridgehead atoms. The maximum absolute atomic E-state index is 13.5. The Morgan fingerprint density at radius 1 is 0.921 bits per heavy atom. The quantitative estimate of drug-likeness (QED) is 0.271. The Bertz CT molecular complexity index is 1640. The molecule has 0 aliphatic carbocycles. The van der Waals surface area contributed by atoms with Gasteiger partial charge in [0, 0.05) is 40.2 Å². The van der Waals surface area contributed by atoms with Crippen molar-refractivity contribution in [1.29, 1.82) is 0 Å². The summed E-state index contributed by atoms with van der Waals surface area (Å²) in [5.41, 5.74) is 6.61. The molecule has 2 N–H and O–H groups in total. The molecule has 3 heterocycles. The Balaban J connectivity index is 1.42. The Kier molecular flexibility index (Phi) is 6.70. The molecule has 190 valence electrons. The van der Waals surface area contributed by atoms with Gasteiger partial charge in [-0.15, -0.1) is 0 Å². The lowest BCUT2D eigenvalue weighted by atomic mass is 9.99. The molecule has 2 aromatic carbocycles. The summed E-state index contributed by atoms with van der Waals surface area (Å²) in [7, 11) is 0. The summed E-state index contributed by atoms with van der Waals surface area (Å²) in [6.07, 6.45) is 5.03. The molecule has 0 unspecified atom stereocenters. The second kappa shape index (κ2) is 10.3. The van der Waals surface area contributed by atoms with Crippen molar-refractivity contribution >= 4 is 34.3 Å². The molecule has 0 radical (unpaired) electrons. The van der Waals surface area contributed by atoms with Gasteiger partial charge in [0.25, 0.3) is 11.8 Å². The van der Waals surface area contributed by atoms with Gasteiger partial charge >= 0.3 is 0 Å². The fraction of sp³-hybridized carbons (Fsp3) is 0.167. The molecule has 0 saturated heterocycles. The number of carbonyl (C=O) groups is 2. The van der Waals surface area contributed by atoms with E-state index in [-0.39, 0.29) is 17.7 Å². The molecule has 0 fully saturated rings. The molecular weight excluding hydrogens is 478 g/mol. The summed E-state index contributed by atoms with van der Waals surface area (Å²) in [5.74, 6) is -0.103. The fourth-order valence-electron chi connectivity index (χ4n) is 4.36. The van der Waals surface area contributed by atoms with Crippen LogP contribution in [0.25, 0.3) is 22.2 Å². The average Bonchev–Trinajstić information content (AvgIpc) is 3.37. The third-order valence-electron chi connectivity index (χ3n) is 6.30. The third-order valence-corrected chi connectivity index (χ3v) is 6.30. The Morgan fingerprint density at radius 3 is 2.42 bits per heavy atom. The lowest BCUT2D eigenvalue weighted by Crippen LogP contribution is -2.15. The van der Waals surface area contributed by atoms with E-state index in [1.807, 2.05) is 45.9 Å². The minimum absolute atomic E-state index is 0.157. The van der Waals surface area contributed by atoms with Crippen molar-refractivity contribution in [2.24, 2.45) is 0 Å². The molecule has 0 spiro atoms. The van der Waals surface area contributed by atoms with Crippen molar-refractivity contribution in [3.05, 3.63) is 101 Å². The van der Waals surface area contributed by atoms with Crippen LogP contribution in [0.2, 0.25) is 0 Å². The number of rotatable bonds is 6. The number of carbonyl (C=O) groups excluding carboxylic acids is 2. The van der Waals surface area contributed by atoms with E-state index in [0.29, 0.717) is 28.4 Å². The Labute approximate surface area is 220 Å². The average molecular weight is 506 g/mol. The first kappa shape index (κ1) is 24.8. The Hall–Kier alpha value is -4.85. The molecule has 3 aromatic heterocycles. The van der Waals surface area contributed by atoms with Gasteiger partial charge in [-0.1, -0.05) is 30.6 Å². The maximum atomic E-state index is 13.5. The highest BCUT2D eigenvalue weighted by Gasteiger charge is 2.18. The van der Waals surface area contributed by atoms with E-state index in [1.54, 1.807) is 48.9 Å². The molecule has 0 aliphatic heterocycles. The number of pyridine rings is 2. The number of aromatic nitrogens is 3. The SMILES string of the molecule is Cc1cc(C)c2nc(-c3cccnc3)cc(C(=O)Nc3ccc(C(=O)Nc4oncc4C(C)C)cc3)c2c1. The normalized spacial score (nSPS) is 11.1. The summed E-state index contributed by atoms with van der Waals surface area (Å²) in [6.45, 7) is 7.97. The van der Waals surface area contributed by atoms with Crippen LogP contribution in [0.4, 0.5) is 11.6 Å². The number of anilines is 2. The van der Waals surface area contributed by atoms with Crippen LogP contribution in [0.1, 0.15) is 57.2 Å². The summed E-state index contributed by atoms with van der Waals surface area (Å²) in [4.78, 5) is 35.3. The molecule has 8 heteroatoms. The molecule has 5 rings (SSSR count). The van der Waals surface area contributed by atoms with Crippen LogP contribution in [-0.2, 0) is 0 Å². The Morgan fingerprint density at radius 2 is 1.71 bits per heavy atom. The van der Waals surface area contributed by atoms with Crippen molar-refractivity contribution in [2.45, 2.75) is 33.6 Å². The van der Waals surface area contributed by atoms with Gasteiger partial charge in [-0.2, -0.15) is 0 Å². The van der Waals surface area contributed by atoms with E-state index in [9.17, 15) is 9.59 Å². The van der Waals surface area contributed by atoms with Crippen LogP contribution in [-0.4, -0.2) is 26.9 Å². The van der Waals surface area contributed by atoms with Gasteiger partial charge in [-0.3, -0.25) is 19.9 Å². The first-order chi connectivity index (χ1) is 18.3. The lowest BCUT2D eigenvalue weighted by Gasteiger charge is -2.13. The fourth-order valence-corrected chi connectivity index (χ4v) is 4.36. The maximum Gasteiger partial charge on any atom is 0.258 e. The van der Waals surface area contributed by atoms with Crippen LogP contribution < -0.4 is 10.6 Å². The van der Waals surface area contributed by atoms with Gasteiger partial charge in [0.15, 0.2) is 0 Å². The lowest BCUT2D eigenvalue weighted by molar-refractivity contribution is 0.101. The molecule has 38 heavy (non-hydrogen) atoms. The second-order valence-corrected chi connectivity index (χ2v) is 9.53. The van der Waals surface area contributed by atoms with Crippen molar-refractivity contribution in [1.82, 2.24) is 15.1 Å². The summed E-state index contributed by atoms with van der Waals surface area (Å²) in [6, 6.07) is 16.3. The highest BCUT2D eigenvalue weighted by atomic mass is 16.5. The number of amides is 2. The predicted octanol–water partition coefficient (Wildman–Crippen LogP) is 6.53. The molecule has 0 aliphatic rings. The summed E-state index contributed by atoms with van der Waals surface area (Å²) >= 11 is 0. The molecule has 0 atom stereocenters. The number of hydrogen-bond acceptors (Lipinski definition) is 6. The molecule has 0 saturated carbocycles. The topological polar surface area (TPSA) is 110 Å². The highest BCUT2D eigenvalue weighted by Crippen LogP contribution is 2.29. The standard InChI is InChI=1S/C30H27N5O3/c1-17(2)25-16-32-38-30(25)35-28(36)20-7-9-22(10-8-20)33-29(37)24-14-26(21-6-5-11-31-15-21)34-27-19(4)12-18(3)13-23(24)27/h5-17H,1-4H3,(H,33,37)(H,35,36). The molecular formula is C30H27N5O3. The van der Waals surface area contributed by atoms with Gasteiger partial charge in [0.1, 0.15) is 0 Å². The zero-order valence-corrected chi connectivity index (χ0v) is 21.6. The van der Waals surface area contributed by atoms with Crippen LogP contribution in [0.5, 0.6) is 0 Å². The zero-order valence-electron chi connectivity index (χ0n) is 21.6. The number of benzene rings is 2. The van der Waals surface area contributed by atoms with Crippen molar-refractivity contribution < 1.29 is 14.1 Å². The first-order valence-electron chi connectivity index (χ1n) is 12.3. The smallest absolute Gasteiger partial charge is 0.258 e. The second-order valence-electron chi connectivity index (χ2n) is 9.53. The van der Waals surface area contributed by atoms with Crippen molar-refractivity contribution in [2.75, 3.05) is 10.6 Å². The van der Waals surface area contributed by atoms with E-state index in [2.05, 4.69) is 26.8 Å². The number of fused-ring (bicyclic) bond motifs is 1. The van der Waals surface area contributed by atoms with Crippen LogP contribution in [0.3, 0.4) is 0 Å². The molecule has 2 amide bonds. The molecule has 8 nitrogen and oxygen atoms in total. The highest BCUT2D eigenvalue weighted by molar-refractivity contribution is 6.13. The molecule has 5 aromatic rings. The van der Waals surface area contributed by atoms with Crippen LogP contribution in [0, 0.1) is 13.8 Å². The van der Waals surface area contributed by atoms with Crippen LogP contribution in [0.15, 0.2) is 77.7 Å². The van der Waals surface area contributed by atoms with Gasteiger partial charge < -0.3 is 9.84 Å². The zero-order chi connectivity index (χ0) is 26.8. The van der Waals surface area contributed by atoms with Gasteiger partial charge in [0.2, 0.25) is 5.88 Å². The summed E-state index contributed by atoms with van der Waals surface area (Å²) in [5, 5.41) is 10.3. The monoisotopic (exact) mass is 505 g/mol. The first-order valence-corrected chi connectivity index (χ1v) is 12.3. The van der Waals surface area contributed by atoms with E-state index in [4.69, 9.17) is 9.51 Å². The van der Waals surface area contributed by atoms with E-state index in [0.717, 1.165) is 33.2 Å². The van der Waals surface area contributed by atoms with Gasteiger partial charge in [-0.25, -0.2) is 4.98 Å². The number of nitrogens with one attached hydrogen (secondary N) is 2. The minimum Gasteiger partial charge on any atom is -0.338 e. The largest absolute Gasteiger partial charge is 0.338 e. The third kappa shape index (κ3) is 5.01. The predicted molar refractivity (Wildman–Crippen MR) is 147 cm³/mol. The van der Waals surface area contributed by atoms with E-state index >= 15 is 0 Å². The summed E-state index contributed by atoms with van der Waals surface area (Å²) < 4.78 is 5.19. The van der Waals surface area contributed by atoms with Crippen molar-refractivity contribution in [3.8, 4) is 11.3 Å². The minimum atomic E-state index is -0.325. The van der Waals surface area contributed by atoms with Gasteiger partial charge in [-0.05, 0) is 73.9 Å². The number of hydrogen-bond donors (Lipinski definition) is 2. The number of nitrogens with zero attached hydrogens (tertiary/aromatic N) is 3.